The maximum atomic E-state index is 10.6. The van der Waals surface area contributed by atoms with Gasteiger partial charge in [-0.15, -0.1) is 0 Å². The van der Waals surface area contributed by atoms with Crippen molar-refractivity contribution >= 4 is 11.4 Å². The van der Waals surface area contributed by atoms with Crippen molar-refractivity contribution in [1.29, 1.82) is 0 Å². The molecule has 0 aliphatic heterocycles. The Kier molecular flexibility index (Phi) is 3.57. The standard InChI is InChI=1S/C14H14N2O2/c1-11(15-13-5-3-2-4-6-13)12-7-9-14(10-8-12)16(17)18/h2-11,15H,1H3/t11-/m1/s1. The lowest BCUT2D eigenvalue weighted by Crippen LogP contribution is -2.06. The molecule has 0 unspecified atom stereocenters. The van der Waals surface area contributed by atoms with Crippen LogP contribution >= 0.6 is 0 Å². The SMILES string of the molecule is C[C@@H](Nc1ccccc1)c1ccc([N+](=O)[O-])cc1. The maximum Gasteiger partial charge on any atom is 0.269 e. The average Bonchev–Trinajstić information content (AvgIpc) is 2.40. The Hall–Kier alpha value is -2.36. The molecule has 0 aliphatic carbocycles. The number of hydrogen-bond acceptors (Lipinski definition) is 3. The normalized spacial score (nSPS) is 11.8. The summed E-state index contributed by atoms with van der Waals surface area (Å²) in [4.78, 5) is 10.2. The number of benzene rings is 2. The Morgan fingerprint density at radius 3 is 2.22 bits per heavy atom. The first-order chi connectivity index (χ1) is 8.66. The molecule has 2 aromatic rings. The van der Waals surface area contributed by atoms with Crippen molar-refractivity contribution in [3.05, 3.63) is 70.3 Å². The van der Waals surface area contributed by atoms with Crippen LogP contribution in [0.2, 0.25) is 0 Å². The van der Waals surface area contributed by atoms with Crippen molar-refractivity contribution < 1.29 is 4.92 Å². The lowest BCUT2D eigenvalue weighted by molar-refractivity contribution is -0.384. The van der Waals surface area contributed by atoms with Crippen LogP contribution in [0.3, 0.4) is 0 Å². The van der Waals surface area contributed by atoms with Crippen molar-refractivity contribution in [2.45, 2.75) is 13.0 Å². The molecule has 1 N–H and O–H groups in total. The second-order valence-electron chi connectivity index (χ2n) is 4.08. The molecule has 2 rings (SSSR count). The van der Waals surface area contributed by atoms with Gasteiger partial charge in [-0.05, 0) is 24.6 Å². The minimum absolute atomic E-state index is 0.105. The zero-order valence-corrected chi connectivity index (χ0v) is 10.0. The highest BCUT2D eigenvalue weighted by Crippen LogP contribution is 2.21. The molecule has 0 aliphatic rings. The van der Waals surface area contributed by atoms with E-state index in [4.69, 9.17) is 0 Å². The fourth-order valence-corrected chi connectivity index (χ4v) is 1.75. The number of nitro groups is 1. The molecular weight excluding hydrogens is 228 g/mol. The van der Waals surface area contributed by atoms with Crippen LogP contribution in [-0.2, 0) is 0 Å². The Bertz CT molecular complexity index is 523. The number of para-hydroxylation sites is 1. The molecule has 0 spiro atoms. The van der Waals surface area contributed by atoms with Crippen molar-refractivity contribution in [1.82, 2.24) is 0 Å². The number of non-ortho nitro benzene ring substituents is 1. The topological polar surface area (TPSA) is 55.2 Å². The van der Waals surface area contributed by atoms with Gasteiger partial charge in [0.1, 0.15) is 0 Å². The lowest BCUT2D eigenvalue weighted by Gasteiger charge is -2.15. The van der Waals surface area contributed by atoms with Crippen LogP contribution in [0.4, 0.5) is 11.4 Å². The van der Waals surface area contributed by atoms with E-state index in [1.807, 2.05) is 37.3 Å². The summed E-state index contributed by atoms with van der Waals surface area (Å²) in [6.45, 7) is 2.02. The minimum atomic E-state index is -0.390. The largest absolute Gasteiger partial charge is 0.379 e. The van der Waals surface area contributed by atoms with Crippen molar-refractivity contribution in [3.8, 4) is 0 Å². The number of rotatable bonds is 4. The summed E-state index contributed by atoms with van der Waals surface area (Å²) in [5.41, 5.74) is 2.17. The number of nitrogens with one attached hydrogen (secondary N) is 1. The molecule has 0 saturated carbocycles. The number of nitrogens with zero attached hydrogens (tertiary/aromatic N) is 1. The predicted octanol–water partition coefficient (Wildman–Crippen LogP) is 3.77. The van der Waals surface area contributed by atoms with Crippen LogP contribution in [0.5, 0.6) is 0 Å². The van der Waals surface area contributed by atoms with Crippen molar-refractivity contribution in [2.24, 2.45) is 0 Å². The van der Waals surface area contributed by atoms with Gasteiger partial charge in [-0.2, -0.15) is 0 Å². The van der Waals surface area contributed by atoms with Gasteiger partial charge >= 0.3 is 0 Å². The maximum absolute atomic E-state index is 10.6. The Balaban J connectivity index is 2.09. The second kappa shape index (κ2) is 5.31. The van der Waals surface area contributed by atoms with Gasteiger partial charge in [0.2, 0.25) is 0 Å². The molecule has 0 aromatic heterocycles. The fourth-order valence-electron chi connectivity index (χ4n) is 1.75. The molecule has 0 saturated heterocycles. The van der Waals surface area contributed by atoms with E-state index < -0.39 is 0 Å². The van der Waals surface area contributed by atoms with E-state index in [9.17, 15) is 10.1 Å². The van der Waals surface area contributed by atoms with Gasteiger partial charge in [0.25, 0.3) is 5.69 Å². The van der Waals surface area contributed by atoms with E-state index in [2.05, 4.69) is 5.32 Å². The van der Waals surface area contributed by atoms with Crippen molar-refractivity contribution in [2.75, 3.05) is 5.32 Å². The van der Waals surface area contributed by atoms with E-state index in [0.717, 1.165) is 11.3 Å². The molecule has 92 valence electrons. The van der Waals surface area contributed by atoms with Gasteiger partial charge in [0.05, 0.1) is 4.92 Å². The van der Waals surface area contributed by atoms with E-state index >= 15 is 0 Å². The molecule has 0 bridgehead atoms. The van der Waals surface area contributed by atoms with E-state index in [0.29, 0.717) is 0 Å². The summed E-state index contributed by atoms with van der Waals surface area (Å²) in [6.07, 6.45) is 0. The molecule has 4 nitrogen and oxygen atoms in total. The lowest BCUT2D eigenvalue weighted by atomic mass is 10.1. The Labute approximate surface area is 105 Å². The summed E-state index contributed by atoms with van der Waals surface area (Å²) < 4.78 is 0. The zero-order valence-electron chi connectivity index (χ0n) is 10.0. The molecule has 1 atom stereocenters. The molecule has 0 heterocycles. The monoisotopic (exact) mass is 242 g/mol. The molecule has 0 amide bonds. The molecule has 4 heteroatoms. The molecule has 18 heavy (non-hydrogen) atoms. The van der Waals surface area contributed by atoms with E-state index in [-0.39, 0.29) is 16.7 Å². The van der Waals surface area contributed by atoms with E-state index in [1.165, 1.54) is 12.1 Å². The zero-order chi connectivity index (χ0) is 13.0. The molecular formula is C14H14N2O2. The summed E-state index contributed by atoms with van der Waals surface area (Å²) in [6, 6.07) is 16.6. The predicted molar refractivity (Wildman–Crippen MR) is 71.6 cm³/mol. The highest BCUT2D eigenvalue weighted by molar-refractivity contribution is 5.45. The third-order valence-corrected chi connectivity index (χ3v) is 2.76. The highest BCUT2D eigenvalue weighted by Gasteiger charge is 2.08. The van der Waals surface area contributed by atoms with Crippen LogP contribution in [0.25, 0.3) is 0 Å². The van der Waals surface area contributed by atoms with Crippen LogP contribution in [-0.4, -0.2) is 4.92 Å². The van der Waals surface area contributed by atoms with Gasteiger partial charge in [0, 0.05) is 23.9 Å². The third-order valence-electron chi connectivity index (χ3n) is 2.76. The smallest absolute Gasteiger partial charge is 0.269 e. The Morgan fingerprint density at radius 1 is 1.06 bits per heavy atom. The number of anilines is 1. The summed E-state index contributed by atoms with van der Waals surface area (Å²) in [5, 5.41) is 13.9. The van der Waals surface area contributed by atoms with Gasteiger partial charge in [-0.3, -0.25) is 10.1 Å². The number of nitro benzene ring substituents is 1. The van der Waals surface area contributed by atoms with E-state index in [1.54, 1.807) is 12.1 Å². The summed E-state index contributed by atoms with van der Waals surface area (Å²) in [5.74, 6) is 0. The van der Waals surface area contributed by atoms with Crippen LogP contribution in [0.1, 0.15) is 18.5 Å². The molecule has 2 aromatic carbocycles. The quantitative estimate of drug-likeness (QED) is 0.656. The van der Waals surface area contributed by atoms with Crippen LogP contribution < -0.4 is 5.32 Å². The Morgan fingerprint density at radius 2 is 1.67 bits per heavy atom. The highest BCUT2D eigenvalue weighted by atomic mass is 16.6. The van der Waals surface area contributed by atoms with Gasteiger partial charge in [-0.1, -0.05) is 30.3 Å². The van der Waals surface area contributed by atoms with Crippen LogP contribution in [0.15, 0.2) is 54.6 Å². The van der Waals surface area contributed by atoms with Crippen molar-refractivity contribution in [3.63, 3.8) is 0 Å². The van der Waals surface area contributed by atoms with Crippen LogP contribution in [0, 0.1) is 10.1 Å². The first-order valence-electron chi connectivity index (χ1n) is 5.73. The van der Waals surface area contributed by atoms with Gasteiger partial charge in [-0.25, -0.2) is 0 Å². The average molecular weight is 242 g/mol. The first kappa shape index (κ1) is 12.1. The molecule has 0 radical (unpaired) electrons. The summed E-state index contributed by atoms with van der Waals surface area (Å²) >= 11 is 0. The molecule has 0 fully saturated rings. The third kappa shape index (κ3) is 2.85. The first-order valence-corrected chi connectivity index (χ1v) is 5.73. The minimum Gasteiger partial charge on any atom is -0.379 e. The fraction of sp³-hybridized carbons (Fsp3) is 0.143. The second-order valence-corrected chi connectivity index (χ2v) is 4.08. The van der Waals surface area contributed by atoms with Gasteiger partial charge in [0.15, 0.2) is 0 Å². The number of hydrogen-bond donors (Lipinski definition) is 1. The van der Waals surface area contributed by atoms with Gasteiger partial charge < -0.3 is 5.32 Å². The summed E-state index contributed by atoms with van der Waals surface area (Å²) in [7, 11) is 0.